The molecule has 0 bridgehead atoms. The van der Waals surface area contributed by atoms with Crippen LogP contribution in [0.15, 0.2) is 66.7 Å². The van der Waals surface area contributed by atoms with E-state index >= 15 is 0 Å². The molecule has 128 valence electrons. The Bertz CT molecular complexity index is 867. The van der Waals surface area contributed by atoms with Crippen LogP contribution in [0.5, 0.6) is 0 Å². The molecule has 0 saturated carbocycles. The molecule has 4 N–H and O–H groups in total. The fourth-order valence-corrected chi connectivity index (χ4v) is 2.86. The number of hydrogen-bond donors (Lipinski definition) is 2. The van der Waals surface area contributed by atoms with E-state index in [2.05, 4.69) is 0 Å². The summed E-state index contributed by atoms with van der Waals surface area (Å²) in [5.74, 6) is 0. The van der Waals surface area contributed by atoms with Crippen LogP contribution in [0.1, 0.15) is 5.56 Å². The Kier molecular flexibility index (Phi) is 4.40. The molecule has 2 nitrogen and oxygen atoms in total. The third kappa shape index (κ3) is 3.94. The van der Waals surface area contributed by atoms with Crippen molar-refractivity contribution in [1.82, 2.24) is 0 Å². The molecule has 0 spiro atoms. The Labute approximate surface area is 143 Å². The van der Waals surface area contributed by atoms with Gasteiger partial charge in [0.05, 0.1) is 6.42 Å². The highest BCUT2D eigenvalue weighted by molar-refractivity contribution is 5.86. The number of benzene rings is 3. The first kappa shape index (κ1) is 16.9. The van der Waals surface area contributed by atoms with E-state index in [1.165, 1.54) is 6.07 Å². The van der Waals surface area contributed by atoms with E-state index in [1.54, 1.807) is 42.5 Å². The van der Waals surface area contributed by atoms with Crippen molar-refractivity contribution >= 4 is 11.4 Å². The topological polar surface area (TPSA) is 52.0 Å². The van der Waals surface area contributed by atoms with Crippen LogP contribution in [0.3, 0.4) is 0 Å². The largest absolute Gasteiger partial charge is 0.399 e. The minimum atomic E-state index is -4.29. The Morgan fingerprint density at radius 2 is 1.20 bits per heavy atom. The molecule has 0 heterocycles. The van der Waals surface area contributed by atoms with Gasteiger partial charge in [-0.3, -0.25) is 0 Å². The molecule has 3 aromatic carbocycles. The summed E-state index contributed by atoms with van der Waals surface area (Å²) in [6.07, 6.45) is -5.28. The molecule has 5 heteroatoms. The van der Waals surface area contributed by atoms with Crippen LogP contribution in [0.2, 0.25) is 0 Å². The molecule has 0 aliphatic rings. The summed E-state index contributed by atoms with van der Waals surface area (Å²) in [5.41, 5.74) is 15.6. The van der Waals surface area contributed by atoms with Crippen molar-refractivity contribution in [3.8, 4) is 22.3 Å². The summed E-state index contributed by atoms with van der Waals surface area (Å²) in [4.78, 5) is 0. The third-order valence-electron chi connectivity index (χ3n) is 3.96. The lowest BCUT2D eigenvalue weighted by Gasteiger charge is -2.17. The average molecular weight is 342 g/mol. The van der Waals surface area contributed by atoms with Crippen molar-refractivity contribution < 1.29 is 13.2 Å². The van der Waals surface area contributed by atoms with Gasteiger partial charge in [-0.2, -0.15) is 13.2 Å². The van der Waals surface area contributed by atoms with Crippen molar-refractivity contribution in [2.75, 3.05) is 11.5 Å². The van der Waals surface area contributed by atoms with E-state index in [0.717, 1.165) is 11.1 Å². The van der Waals surface area contributed by atoms with E-state index < -0.39 is 12.6 Å². The smallest absolute Gasteiger partial charge is 0.393 e. The number of rotatable bonds is 3. The predicted molar refractivity (Wildman–Crippen MR) is 95.9 cm³/mol. The number of alkyl halides is 3. The fraction of sp³-hybridized carbons (Fsp3) is 0.100. The van der Waals surface area contributed by atoms with Crippen molar-refractivity contribution in [2.24, 2.45) is 0 Å². The maximum atomic E-state index is 13.1. The molecule has 0 aliphatic carbocycles. The molecule has 0 atom stereocenters. The van der Waals surface area contributed by atoms with E-state index in [9.17, 15) is 13.2 Å². The second-order valence-corrected chi connectivity index (χ2v) is 5.88. The van der Waals surface area contributed by atoms with Crippen molar-refractivity contribution in [3.63, 3.8) is 0 Å². The minimum absolute atomic E-state index is 0.228. The fourth-order valence-electron chi connectivity index (χ4n) is 2.86. The summed E-state index contributed by atoms with van der Waals surface area (Å²) < 4.78 is 39.2. The van der Waals surface area contributed by atoms with Gasteiger partial charge in [0.1, 0.15) is 0 Å². The zero-order valence-corrected chi connectivity index (χ0v) is 13.3. The summed E-state index contributed by atoms with van der Waals surface area (Å²) in [6, 6.07) is 18.9. The minimum Gasteiger partial charge on any atom is -0.399 e. The Hall–Kier alpha value is -2.95. The molecule has 0 aliphatic heterocycles. The van der Waals surface area contributed by atoms with Gasteiger partial charge in [-0.05, 0) is 52.1 Å². The van der Waals surface area contributed by atoms with E-state index in [4.69, 9.17) is 11.5 Å². The SMILES string of the molecule is Nc1ccc(-c2cccc(CC(F)(F)F)c2-c2ccc(N)cc2)cc1. The van der Waals surface area contributed by atoms with Crippen LogP contribution < -0.4 is 11.5 Å². The molecular formula is C20H17F3N2. The molecule has 3 aromatic rings. The summed E-state index contributed by atoms with van der Waals surface area (Å²) in [5, 5.41) is 0. The van der Waals surface area contributed by atoms with Gasteiger partial charge >= 0.3 is 6.18 Å². The molecule has 0 radical (unpaired) electrons. The summed E-state index contributed by atoms with van der Waals surface area (Å²) >= 11 is 0. The van der Waals surface area contributed by atoms with Gasteiger partial charge in [0, 0.05) is 11.4 Å². The monoisotopic (exact) mass is 342 g/mol. The van der Waals surface area contributed by atoms with E-state index in [0.29, 0.717) is 22.5 Å². The van der Waals surface area contributed by atoms with Crippen LogP contribution in [0.25, 0.3) is 22.3 Å². The second kappa shape index (κ2) is 6.51. The van der Waals surface area contributed by atoms with Gasteiger partial charge in [0.15, 0.2) is 0 Å². The molecule has 25 heavy (non-hydrogen) atoms. The number of anilines is 2. The lowest BCUT2D eigenvalue weighted by Crippen LogP contribution is -2.12. The Morgan fingerprint density at radius 1 is 0.680 bits per heavy atom. The Balaban J connectivity index is 2.22. The quantitative estimate of drug-likeness (QED) is 0.636. The predicted octanol–water partition coefficient (Wildman–Crippen LogP) is 5.29. The molecular weight excluding hydrogens is 325 g/mol. The Morgan fingerprint density at radius 3 is 1.72 bits per heavy atom. The van der Waals surface area contributed by atoms with Crippen molar-refractivity contribution in [2.45, 2.75) is 12.6 Å². The molecule has 0 saturated heterocycles. The highest BCUT2D eigenvalue weighted by Gasteiger charge is 2.29. The number of nitrogens with two attached hydrogens (primary N) is 2. The third-order valence-corrected chi connectivity index (χ3v) is 3.96. The maximum Gasteiger partial charge on any atom is 0.393 e. The molecule has 0 aromatic heterocycles. The zero-order chi connectivity index (χ0) is 18.0. The van der Waals surface area contributed by atoms with Gasteiger partial charge in [-0.1, -0.05) is 42.5 Å². The first-order valence-electron chi connectivity index (χ1n) is 7.74. The van der Waals surface area contributed by atoms with Gasteiger partial charge in [-0.15, -0.1) is 0 Å². The lowest BCUT2D eigenvalue weighted by molar-refractivity contribution is -0.127. The van der Waals surface area contributed by atoms with E-state index in [1.807, 2.05) is 18.2 Å². The van der Waals surface area contributed by atoms with Crippen LogP contribution in [-0.4, -0.2) is 6.18 Å². The van der Waals surface area contributed by atoms with Gasteiger partial charge in [0.2, 0.25) is 0 Å². The number of nitrogen functional groups attached to an aromatic ring is 2. The van der Waals surface area contributed by atoms with Crippen LogP contribution in [0.4, 0.5) is 24.5 Å². The van der Waals surface area contributed by atoms with Gasteiger partial charge in [-0.25, -0.2) is 0 Å². The van der Waals surface area contributed by atoms with E-state index in [-0.39, 0.29) is 5.56 Å². The second-order valence-electron chi connectivity index (χ2n) is 5.88. The lowest BCUT2D eigenvalue weighted by atomic mass is 9.89. The number of hydrogen-bond acceptors (Lipinski definition) is 2. The van der Waals surface area contributed by atoms with Gasteiger partial charge < -0.3 is 11.5 Å². The van der Waals surface area contributed by atoms with Crippen LogP contribution >= 0.6 is 0 Å². The average Bonchev–Trinajstić information content (AvgIpc) is 2.55. The highest BCUT2D eigenvalue weighted by atomic mass is 19.4. The highest BCUT2D eigenvalue weighted by Crippen LogP contribution is 2.38. The summed E-state index contributed by atoms with van der Waals surface area (Å²) in [7, 11) is 0. The molecule has 0 unspecified atom stereocenters. The molecule has 0 amide bonds. The normalized spacial score (nSPS) is 11.5. The van der Waals surface area contributed by atoms with Crippen LogP contribution in [0, 0.1) is 0 Å². The summed E-state index contributed by atoms with van der Waals surface area (Å²) in [6.45, 7) is 0. The number of halogens is 3. The van der Waals surface area contributed by atoms with Crippen molar-refractivity contribution in [3.05, 3.63) is 72.3 Å². The van der Waals surface area contributed by atoms with Crippen molar-refractivity contribution in [1.29, 1.82) is 0 Å². The van der Waals surface area contributed by atoms with Crippen LogP contribution in [-0.2, 0) is 6.42 Å². The maximum absolute atomic E-state index is 13.1. The zero-order valence-electron chi connectivity index (χ0n) is 13.3. The first-order chi connectivity index (χ1) is 11.8. The standard InChI is InChI=1S/C20H17F3N2/c21-20(22,23)12-15-2-1-3-18(13-4-8-16(24)9-5-13)19(15)14-6-10-17(25)11-7-14/h1-11H,12,24-25H2. The molecule has 0 fully saturated rings. The van der Waals surface area contributed by atoms with Gasteiger partial charge in [0.25, 0.3) is 0 Å². The first-order valence-corrected chi connectivity index (χ1v) is 7.74. The molecule has 3 rings (SSSR count).